The summed E-state index contributed by atoms with van der Waals surface area (Å²) in [7, 11) is 0. The van der Waals surface area contributed by atoms with Crippen molar-refractivity contribution < 1.29 is 19.7 Å². The second-order valence-corrected chi connectivity index (χ2v) is 8.66. The third kappa shape index (κ3) is 10.7. The number of ether oxygens (including phenoxy) is 1. The Morgan fingerprint density at radius 2 is 1.21 bits per heavy atom. The van der Waals surface area contributed by atoms with E-state index in [1.165, 1.54) is 11.1 Å². The molecule has 0 spiro atoms. The number of aliphatic carboxylic acids is 1. The molecule has 0 atom stereocenters. The lowest BCUT2D eigenvalue weighted by atomic mass is 10.1. The molecule has 2 saturated heterocycles. The van der Waals surface area contributed by atoms with Crippen LogP contribution >= 0.6 is 12.4 Å². The highest BCUT2D eigenvalue weighted by Crippen LogP contribution is 2.16. The second kappa shape index (κ2) is 15.0. The van der Waals surface area contributed by atoms with Crippen LogP contribution in [0.15, 0.2) is 60.7 Å². The predicted molar refractivity (Wildman–Crippen MR) is 133 cm³/mol. The molecule has 0 amide bonds. The van der Waals surface area contributed by atoms with E-state index >= 15 is 0 Å². The van der Waals surface area contributed by atoms with E-state index in [1.54, 1.807) is 0 Å². The van der Waals surface area contributed by atoms with Gasteiger partial charge >= 0.3 is 5.97 Å². The van der Waals surface area contributed by atoms with E-state index in [-0.39, 0.29) is 31.2 Å². The molecule has 7 heteroatoms. The maximum absolute atomic E-state index is 10.4. The number of rotatable bonds is 7. The number of carboxylic acids is 1. The third-order valence-corrected chi connectivity index (χ3v) is 6.03. The fourth-order valence-corrected chi connectivity index (χ4v) is 4.18. The van der Waals surface area contributed by atoms with Crippen LogP contribution in [0.2, 0.25) is 0 Å². The van der Waals surface area contributed by atoms with Gasteiger partial charge in [-0.1, -0.05) is 60.7 Å². The van der Waals surface area contributed by atoms with Crippen LogP contribution in [0.3, 0.4) is 0 Å². The van der Waals surface area contributed by atoms with Gasteiger partial charge in [-0.3, -0.25) is 9.80 Å². The van der Waals surface area contributed by atoms with Gasteiger partial charge in [0, 0.05) is 39.3 Å². The summed E-state index contributed by atoms with van der Waals surface area (Å²) in [4.78, 5) is 15.2. The fourth-order valence-electron chi connectivity index (χ4n) is 4.18. The molecule has 6 nitrogen and oxygen atoms in total. The van der Waals surface area contributed by atoms with Gasteiger partial charge < -0.3 is 14.9 Å². The molecule has 33 heavy (non-hydrogen) atoms. The molecule has 182 valence electrons. The molecule has 2 heterocycles. The summed E-state index contributed by atoms with van der Waals surface area (Å²) < 4.78 is 5.32. The molecule has 0 aliphatic carbocycles. The van der Waals surface area contributed by atoms with Gasteiger partial charge in [-0.05, 0) is 36.8 Å². The largest absolute Gasteiger partial charge is 0.480 e. The van der Waals surface area contributed by atoms with Crippen molar-refractivity contribution in [2.75, 3.05) is 32.8 Å². The van der Waals surface area contributed by atoms with Gasteiger partial charge in [-0.15, -0.1) is 12.4 Å². The SMILES string of the molecule is Cl.O=C(O)COC1CCN(Cc2ccccc2)CC1.OC1CCN(Cc2ccccc2)CC1. The smallest absolute Gasteiger partial charge is 0.329 e. The molecule has 4 rings (SSSR count). The summed E-state index contributed by atoms with van der Waals surface area (Å²) in [5.41, 5.74) is 2.69. The van der Waals surface area contributed by atoms with Gasteiger partial charge in [0.2, 0.25) is 0 Å². The second-order valence-electron chi connectivity index (χ2n) is 8.66. The molecule has 2 aromatic rings. The summed E-state index contributed by atoms with van der Waals surface area (Å²) in [6, 6.07) is 20.9. The fraction of sp³-hybridized carbons (Fsp3) is 0.500. The third-order valence-electron chi connectivity index (χ3n) is 6.03. The minimum atomic E-state index is -0.887. The summed E-state index contributed by atoms with van der Waals surface area (Å²) in [5, 5.41) is 17.9. The minimum Gasteiger partial charge on any atom is -0.480 e. The minimum absolute atomic E-state index is 0. The molecule has 2 aliphatic heterocycles. The molecule has 2 N–H and O–H groups in total. The molecular weight excluding hydrogens is 440 g/mol. The van der Waals surface area contributed by atoms with E-state index < -0.39 is 5.97 Å². The number of hydrogen-bond donors (Lipinski definition) is 2. The van der Waals surface area contributed by atoms with Crippen LogP contribution in [0.5, 0.6) is 0 Å². The molecule has 0 saturated carbocycles. The number of halogens is 1. The maximum Gasteiger partial charge on any atom is 0.329 e. The molecular formula is C26H37ClN2O4. The zero-order valence-electron chi connectivity index (χ0n) is 19.2. The lowest BCUT2D eigenvalue weighted by molar-refractivity contribution is -0.145. The van der Waals surface area contributed by atoms with Crippen LogP contribution in [0.25, 0.3) is 0 Å². The first-order valence-corrected chi connectivity index (χ1v) is 11.6. The Bertz CT molecular complexity index is 777. The Balaban J connectivity index is 0.000000233. The normalized spacial score (nSPS) is 18.1. The summed E-state index contributed by atoms with van der Waals surface area (Å²) >= 11 is 0. The Hall–Kier alpha value is -1.96. The van der Waals surface area contributed by atoms with Gasteiger partial charge in [0.15, 0.2) is 0 Å². The summed E-state index contributed by atoms with van der Waals surface area (Å²) in [5.74, 6) is -0.887. The molecule has 0 aromatic heterocycles. The number of nitrogens with zero attached hydrogens (tertiary/aromatic N) is 2. The highest BCUT2D eigenvalue weighted by atomic mass is 35.5. The van der Waals surface area contributed by atoms with Crippen molar-refractivity contribution in [2.24, 2.45) is 0 Å². The van der Waals surface area contributed by atoms with Gasteiger partial charge in [0.25, 0.3) is 0 Å². The number of benzene rings is 2. The van der Waals surface area contributed by atoms with Crippen molar-refractivity contribution in [1.29, 1.82) is 0 Å². The number of carboxylic acid groups (broad SMARTS) is 1. The highest BCUT2D eigenvalue weighted by molar-refractivity contribution is 5.85. The molecule has 2 aromatic carbocycles. The van der Waals surface area contributed by atoms with Crippen LogP contribution in [0, 0.1) is 0 Å². The maximum atomic E-state index is 10.4. The van der Waals surface area contributed by atoms with E-state index in [0.29, 0.717) is 0 Å². The molecule has 2 fully saturated rings. The average molecular weight is 477 g/mol. The zero-order valence-corrected chi connectivity index (χ0v) is 20.0. The number of aliphatic hydroxyl groups excluding tert-OH is 1. The lowest BCUT2D eigenvalue weighted by Crippen LogP contribution is -2.37. The van der Waals surface area contributed by atoms with Crippen molar-refractivity contribution in [3.63, 3.8) is 0 Å². The first kappa shape index (κ1) is 27.3. The van der Waals surface area contributed by atoms with Crippen molar-refractivity contribution in [2.45, 2.75) is 51.0 Å². The van der Waals surface area contributed by atoms with Gasteiger partial charge in [-0.25, -0.2) is 4.79 Å². The Labute approximate surface area is 203 Å². The number of carbonyl (C=O) groups is 1. The summed E-state index contributed by atoms with van der Waals surface area (Å²) in [6.07, 6.45) is 3.72. The number of likely N-dealkylation sites (tertiary alicyclic amines) is 2. The van der Waals surface area contributed by atoms with Gasteiger partial charge in [0.05, 0.1) is 12.2 Å². The number of aliphatic hydroxyl groups is 1. The van der Waals surface area contributed by atoms with E-state index in [0.717, 1.165) is 65.0 Å². The Kier molecular flexibility index (Phi) is 12.4. The van der Waals surface area contributed by atoms with Crippen LogP contribution in [-0.4, -0.2) is 71.0 Å². The molecule has 0 unspecified atom stereocenters. The topological polar surface area (TPSA) is 73.2 Å². The highest BCUT2D eigenvalue weighted by Gasteiger charge is 2.20. The lowest BCUT2D eigenvalue weighted by Gasteiger charge is -2.31. The monoisotopic (exact) mass is 476 g/mol. The first-order valence-electron chi connectivity index (χ1n) is 11.6. The Morgan fingerprint density at radius 1 is 0.788 bits per heavy atom. The van der Waals surface area contributed by atoms with E-state index in [4.69, 9.17) is 9.84 Å². The van der Waals surface area contributed by atoms with E-state index in [9.17, 15) is 9.90 Å². The molecule has 2 aliphatic rings. The number of piperidine rings is 2. The van der Waals surface area contributed by atoms with Crippen molar-refractivity contribution in [3.05, 3.63) is 71.8 Å². The quantitative estimate of drug-likeness (QED) is 0.633. The standard InChI is InChI=1S/C14H19NO3.C12H17NO.ClH/c16-14(17)11-18-13-6-8-15(9-7-13)10-12-4-2-1-3-5-12;14-12-6-8-13(9-7-12)10-11-4-2-1-3-5-11;/h1-5,13H,6-11H2,(H,16,17);1-5,12,14H,6-10H2;1H. The summed E-state index contributed by atoms with van der Waals surface area (Å²) in [6.45, 7) is 5.80. The number of hydrogen-bond acceptors (Lipinski definition) is 5. The van der Waals surface area contributed by atoms with E-state index in [1.807, 2.05) is 12.1 Å². The molecule has 0 radical (unpaired) electrons. The molecule has 0 bridgehead atoms. The predicted octanol–water partition coefficient (Wildman–Crippen LogP) is 3.82. The van der Waals surface area contributed by atoms with Crippen LogP contribution in [0.4, 0.5) is 0 Å². The Morgan fingerprint density at radius 3 is 1.64 bits per heavy atom. The average Bonchev–Trinajstić information content (AvgIpc) is 2.82. The van der Waals surface area contributed by atoms with Gasteiger partial charge in [-0.2, -0.15) is 0 Å². The van der Waals surface area contributed by atoms with Crippen molar-refractivity contribution in [3.8, 4) is 0 Å². The van der Waals surface area contributed by atoms with E-state index in [2.05, 4.69) is 58.3 Å². The van der Waals surface area contributed by atoms with Crippen molar-refractivity contribution in [1.82, 2.24) is 9.80 Å². The van der Waals surface area contributed by atoms with Crippen LogP contribution < -0.4 is 0 Å². The van der Waals surface area contributed by atoms with Crippen molar-refractivity contribution >= 4 is 18.4 Å². The zero-order chi connectivity index (χ0) is 22.6. The first-order chi connectivity index (χ1) is 15.6. The van der Waals surface area contributed by atoms with Gasteiger partial charge in [0.1, 0.15) is 6.61 Å². The van der Waals surface area contributed by atoms with Crippen LogP contribution in [-0.2, 0) is 22.6 Å². The van der Waals surface area contributed by atoms with Crippen LogP contribution in [0.1, 0.15) is 36.8 Å².